The molecule has 0 radical (unpaired) electrons. The van der Waals surface area contributed by atoms with Crippen molar-refractivity contribution >= 4 is 5.91 Å². The second-order valence-electron chi connectivity index (χ2n) is 3.55. The van der Waals surface area contributed by atoms with Crippen LogP contribution in [0.15, 0.2) is 0 Å². The standard InChI is InChI=1S/C10H22N2O2/c1-3-5-6-9(11)10(14)12-8(4-2)7-13/h8-9,13H,3-7,11H2,1-2H3,(H,12,14)/t8-,9?/m1/s1. The van der Waals surface area contributed by atoms with Crippen LogP contribution in [-0.4, -0.2) is 29.7 Å². The first-order valence-electron chi connectivity index (χ1n) is 5.32. The number of nitrogens with one attached hydrogen (secondary N) is 1. The van der Waals surface area contributed by atoms with Crippen molar-refractivity contribution < 1.29 is 9.90 Å². The Hall–Kier alpha value is -0.610. The number of aliphatic hydroxyl groups excluding tert-OH is 1. The van der Waals surface area contributed by atoms with Crippen LogP contribution >= 0.6 is 0 Å². The third kappa shape index (κ3) is 5.19. The molecule has 0 aliphatic heterocycles. The molecular formula is C10H22N2O2. The largest absolute Gasteiger partial charge is 0.394 e. The molecule has 0 aromatic carbocycles. The van der Waals surface area contributed by atoms with Crippen molar-refractivity contribution in [2.75, 3.05) is 6.61 Å². The summed E-state index contributed by atoms with van der Waals surface area (Å²) in [6, 6.07) is -0.592. The van der Waals surface area contributed by atoms with Crippen LogP contribution in [0.25, 0.3) is 0 Å². The first-order valence-corrected chi connectivity index (χ1v) is 5.32. The van der Waals surface area contributed by atoms with E-state index >= 15 is 0 Å². The summed E-state index contributed by atoms with van der Waals surface area (Å²) in [5, 5.41) is 11.6. The lowest BCUT2D eigenvalue weighted by Gasteiger charge is -2.17. The van der Waals surface area contributed by atoms with Crippen molar-refractivity contribution in [2.45, 2.75) is 51.6 Å². The molecule has 0 aliphatic carbocycles. The van der Waals surface area contributed by atoms with Gasteiger partial charge in [0.25, 0.3) is 0 Å². The summed E-state index contributed by atoms with van der Waals surface area (Å²) in [6.07, 6.45) is 3.44. The van der Waals surface area contributed by atoms with Gasteiger partial charge in [0.15, 0.2) is 0 Å². The van der Waals surface area contributed by atoms with E-state index in [4.69, 9.17) is 10.8 Å². The third-order valence-electron chi connectivity index (χ3n) is 2.27. The zero-order valence-corrected chi connectivity index (χ0v) is 9.12. The smallest absolute Gasteiger partial charge is 0.237 e. The van der Waals surface area contributed by atoms with Crippen molar-refractivity contribution in [1.29, 1.82) is 0 Å². The van der Waals surface area contributed by atoms with Crippen LogP contribution < -0.4 is 11.1 Å². The van der Waals surface area contributed by atoms with Gasteiger partial charge in [-0.15, -0.1) is 0 Å². The van der Waals surface area contributed by atoms with Crippen molar-refractivity contribution in [3.05, 3.63) is 0 Å². The molecule has 0 aromatic rings. The van der Waals surface area contributed by atoms with Crippen LogP contribution in [0.3, 0.4) is 0 Å². The molecule has 0 bridgehead atoms. The van der Waals surface area contributed by atoms with E-state index in [1.165, 1.54) is 0 Å². The van der Waals surface area contributed by atoms with E-state index in [9.17, 15) is 4.79 Å². The van der Waals surface area contributed by atoms with Gasteiger partial charge in [0.1, 0.15) is 0 Å². The van der Waals surface area contributed by atoms with E-state index in [0.717, 1.165) is 19.3 Å². The molecule has 4 nitrogen and oxygen atoms in total. The lowest BCUT2D eigenvalue weighted by molar-refractivity contribution is -0.123. The number of carbonyl (C=O) groups excluding carboxylic acids is 1. The summed E-state index contributed by atoms with van der Waals surface area (Å²) in [6.45, 7) is 3.95. The molecule has 0 aromatic heterocycles. The van der Waals surface area contributed by atoms with E-state index in [1.54, 1.807) is 0 Å². The third-order valence-corrected chi connectivity index (χ3v) is 2.27. The predicted octanol–water partition coefficient (Wildman–Crippen LogP) is 0.391. The second kappa shape index (κ2) is 7.76. The molecule has 0 saturated carbocycles. The van der Waals surface area contributed by atoms with Gasteiger partial charge >= 0.3 is 0 Å². The summed E-state index contributed by atoms with van der Waals surface area (Å²) in [5.74, 6) is -0.153. The fourth-order valence-electron chi connectivity index (χ4n) is 1.14. The van der Waals surface area contributed by atoms with Crippen LogP contribution in [0, 0.1) is 0 Å². The normalized spacial score (nSPS) is 14.9. The molecule has 1 unspecified atom stereocenters. The van der Waals surface area contributed by atoms with Gasteiger partial charge in [-0.25, -0.2) is 0 Å². The van der Waals surface area contributed by atoms with E-state index in [2.05, 4.69) is 12.2 Å². The molecule has 0 saturated heterocycles. The van der Waals surface area contributed by atoms with Crippen LogP contribution in [0.5, 0.6) is 0 Å². The Kier molecular flexibility index (Phi) is 7.42. The van der Waals surface area contributed by atoms with E-state index in [-0.39, 0.29) is 18.6 Å². The molecule has 14 heavy (non-hydrogen) atoms. The van der Waals surface area contributed by atoms with Gasteiger partial charge in [-0.05, 0) is 12.8 Å². The van der Waals surface area contributed by atoms with Crippen LogP contribution in [-0.2, 0) is 4.79 Å². The highest BCUT2D eigenvalue weighted by Gasteiger charge is 2.15. The maximum Gasteiger partial charge on any atom is 0.237 e. The highest BCUT2D eigenvalue weighted by Crippen LogP contribution is 1.99. The highest BCUT2D eigenvalue weighted by molar-refractivity contribution is 5.81. The Bertz CT molecular complexity index is 158. The summed E-state index contributed by atoms with van der Waals surface area (Å²) < 4.78 is 0. The molecule has 84 valence electrons. The van der Waals surface area contributed by atoms with Crippen LogP contribution in [0.1, 0.15) is 39.5 Å². The van der Waals surface area contributed by atoms with Crippen molar-refractivity contribution in [3.8, 4) is 0 Å². The van der Waals surface area contributed by atoms with Gasteiger partial charge in [-0.2, -0.15) is 0 Å². The van der Waals surface area contributed by atoms with Crippen molar-refractivity contribution in [2.24, 2.45) is 5.73 Å². The van der Waals surface area contributed by atoms with E-state index < -0.39 is 6.04 Å². The molecular weight excluding hydrogens is 180 g/mol. The fourth-order valence-corrected chi connectivity index (χ4v) is 1.14. The minimum absolute atomic E-state index is 0.0251. The average Bonchev–Trinajstić information content (AvgIpc) is 2.21. The molecule has 0 heterocycles. The van der Waals surface area contributed by atoms with Gasteiger partial charge < -0.3 is 16.2 Å². The number of aliphatic hydroxyl groups is 1. The van der Waals surface area contributed by atoms with E-state index in [0.29, 0.717) is 6.42 Å². The minimum Gasteiger partial charge on any atom is -0.394 e. The Morgan fingerprint density at radius 3 is 2.57 bits per heavy atom. The SMILES string of the molecule is CCCCC(N)C(=O)N[C@H](CC)CO. The molecule has 0 rings (SSSR count). The monoisotopic (exact) mass is 202 g/mol. The number of amides is 1. The molecule has 0 fully saturated rings. The van der Waals surface area contributed by atoms with Gasteiger partial charge in [0.2, 0.25) is 5.91 Å². The summed E-state index contributed by atoms with van der Waals surface area (Å²) in [7, 11) is 0. The van der Waals surface area contributed by atoms with Gasteiger partial charge in [-0.1, -0.05) is 26.7 Å². The topological polar surface area (TPSA) is 75.4 Å². The molecule has 0 aliphatic rings. The second-order valence-corrected chi connectivity index (χ2v) is 3.55. The first-order chi connectivity index (χ1) is 6.65. The maximum absolute atomic E-state index is 11.4. The molecule has 2 atom stereocenters. The lowest BCUT2D eigenvalue weighted by atomic mass is 10.1. The number of carbonyl (C=O) groups is 1. The van der Waals surface area contributed by atoms with E-state index in [1.807, 2.05) is 6.92 Å². The first kappa shape index (κ1) is 13.4. The number of rotatable bonds is 7. The van der Waals surface area contributed by atoms with Gasteiger partial charge in [-0.3, -0.25) is 4.79 Å². The van der Waals surface area contributed by atoms with Crippen molar-refractivity contribution in [3.63, 3.8) is 0 Å². The maximum atomic E-state index is 11.4. The lowest BCUT2D eigenvalue weighted by Crippen LogP contribution is -2.46. The van der Waals surface area contributed by atoms with Crippen molar-refractivity contribution in [1.82, 2.24) is 5.32 Å². The quantitative estimate of drug-likeness (QED) is 0.559. The van der Waals surface area contributed by atoms with Gasteiger partial charge in [0.05, 0.1) is 18.7 Å². The Labute approximate surface area is 85.9 Å². The van der Waals surface area contributed by atoms with Crippen LogP contribution in [0.2, 0.25) is 0 Å². The Morgan fingerprint density at radius 1 is 1.50 bits per heavy atom. The number of nitrogens with two attached hydrogens (primary N) is 1. The fraction of sp³-hybridized carbons (Fsp3) is 0.900. The zero-order chi connectivity index (χ0) is 11.0. The number of unbranched alkanes of at least 4 members (excludes halogenated alkanes) is 1. The number of hydrogen-bond acceptors (Lipinski definition) is 3. The molecule has 4 heteroatoms. The average molecular weight is 202 g/mol. The zero-order valence-electron chi connectivity index (χ0n) is 9.12. The van der Waals surface area contributed by atoms with Crippen LogP contribution in [0.4, 0.5) is 0 Å². The summed E-state index contributed by atoms with van der Waals surface area (Å²) in [4.78, 5) is 11.4. The molecule has 4 N–H and O–H groups in total. The summed E-state index contributed by atoms with van der Waals surface area (Å²) >= 11 is 0. The highest BCUT2D eigenvalue weighted by atomic mass is 16.3. The molecule has 1 amide bonds. The predicted molar refractivity (Wildman–Crippen MR) is 56.8 cm³/mol. The Balaban J connectivity index is 3.81. The minimum atomic E-state index is -0.435. The number of hydrogen-bond donors (Lipinski definition) is 3. The summed E-state index contributed by atoms with van der Waals surface area (Å²) in [5.41, 5.74) is 5.67. The Morgan fingerprint density at radius 2 is 2.14 bits per heavy atom. The molecule has 0 spiro atoms. The van der Waals surface area contributed by atoms with Gasteiger partial charge in [0, 0.05) is 0 Å².